The molecule has 0 unspecified atom stereocenters. The van der Waals surface area contributed by atoms with Crippen LogP contribution >= 0.6 is 11.3 Å². The first-order chi connectivity index (χ1) is 11.3. The second kappa shape index (κ2) is 5.86. The van der Waals surface area contributed by atoms with Crippen LogP contribution in [0.3, 0.4) is 0 Å². The molecule has 0 radical (unpaired) electrons. The first-order valence-electron chi connectivity index (χ1n) is 7.41. The molecule has 6 heteroatoms. The van der Waals surface area contributed by atoms with Gasteiger partial charge >= 0.3 is 5.76 Å². The molecular weight excluding hydrogens is 310 g/mol. The van der Waals surface area contributed by atoms with Crippen molar-refractivity contribution in [2.24, 2.45) is 0 Å². The lowest BCUT2D eigenvalue weighted by atomic mass is 9.83. The van der Waals surface area contributed by atoms with Gasteiger partial charge in [0, 0.05) is 22.4 Å². The van der Waals surface area contributed by atoms with E-state index in [0.29, 0.717) is 11.5 Å². The molecule has 114 valence electrons. The van der Waals surface area contributed by atoms with Crippen molar-refractivity contribution in [2.45, 2.75) is 25.2 Å². The summed E-state index contributed by atoms with van der Waals surface area (Å²) in [5.74, 6) is 6.54. The third kappa shape index (κ3) is 2.96. The molecule has 3 aromatic rings. The van der Waals surface area contributed by atoms with Gasteiger partial charge in [0.25, 0.3) is 0 Å². The van der Waals surface area contributed by atoms with Crippen molar-refractivity contribution in [2.75, 3.05) is 0 Å². The molecule has 2 heterocycles. The second-order valence-corrected chi connectivity index (χ2v) is 6.31. The van der Waals surface area contributed by atoms with E-state index in [9.17, 15) is 4.79 Å². The SMILES string of the molecule is O=c1[nH]nc(-c2cccc(C#Cc3nc(C4CCC4)cs3)c2)o1. The van der Waals surface area contributed by atoms with E-state index in [1.54, 1.807) is 11.3 Å². The van der Waals surface area contributed by atoms with Gasteiger partial charge in [-0.15, -0.1) is 16.4 Å². The Hall–Kier alpha value is -2.65. The van der Waals surface area contributed by atoms with Crippen molar-refractivity contribution in [1.82, 2.24) is 15.2 Å². The number of nitrogens with zero attached hydrogens (tertiary/aromatic N) is 2. The van der Waals surface area contributed by atoms with Gasteiger partial charge < -0.3 is 4.42 Å². The molecule has 1 fully saturated rings. The molecule has 1 aliphatic carbocycles. The fourth-order valence-corrected chi connectivity index (χ4v) is 3.19. The summed E-state index contributed by atoms with van der Waals surface area (Å²) in [5.41, 5.74) is 2.72. The fraction of sp³-hybridized carbons (Fsp3) is 0.235. The lowest BCUT2D eigenvalue weighted by molar-refractivity contribution is 0.412. The van der Waals surface area contributed by atoms with Gasteiger partial charge in [-0.2, -0.15) is 0 Å². The van der Waals surface area contributed by atoms with Gasteiger partial charge in [0.2, 0.25) is 5.89 Å². The molecule has 0 amide bonds. The number of H-pyrrole nitrogens is 1. The minimum Gasteiger partial charge on any atom is -0.388 e. The molecule has 0 atom stereocenters. The highest BCUT2D eigenvalue weighted by Gasteiger charge is 2.21. The summed E-state index contributed by atoms with van der Waals surface area (Å²) in [6, 6.07) is 7.42. The summed E-state index contributed by atoms with van der Waals surface area (Å²) < 4.78 is 4.96. The van der Waals surface area contributed by atoms with Crippen molar-refractivity contribution in [3.63, 3.8) is 0 Å². The highest BCUT2D eigenvalue weighted by atomic mass is 32.1. The summed E-state index contributed by atoms with van der Waals surface area (Å²) in [5, 5.41) is 9.02. The Morgan fingerprint density at radius 2 is 2.22 bits per heavy atom. The first kappa shape index (κ1) is 14.0. The van der Waals surface area contributed by atoms with Gasteiger partial charge in [0.15, 0.2) is 5.01 Å². The summed E-state index contributed by atoms with van der Waals surface area (Å²) in [6.07, 6.45) is 3.79. The lowest BCUT2D eigenvalue weighted by Gasteiger charge is -2.22. The number of benzene rings is 1. The third-order valence-electron chi connectivity index (χ3n) is 3.91. The van der Waals surface area contributed by atoms with Gasteiger partial charge in [-0.1, -0.05) is 18.4 Å². The Balaban J connectivity index is 1.57. The molecule has 4 rings (SSSR count). The summed E-state index contributed by atoms with van der Waals surface area (Å²) in [6.45, 7) is 0. The molecular formula is C17H13N3O2S. The zero-order valence-corrected chi connectivity index (χ0v) is 13.0. The minimum absolute atomic E-state index is 0.264. The lowest BCUT2D eigenvalue weighted by Crippen LogP contribution is -2.08. The van der Waals surface area contributed by atoms with Crippen LogP contribution in [0.15, 0.2) is 38.9 Å². The Bertz CT molecular complexity index is 954. The van der Waals surface area contributed by atoms with Crippen molar-refractivity contribution in [3.05, 3.63) is 56.5 Å². The van der Waals surface area contributed by atoms with Crippen LogP contribution in [0.4, 0.5) is 0 Å². The molecule has 2 aromatic heterocycles. The van der Waals surface area contributed by atoms with Crippen LogP contribution in [-0.4, -0.2) is 15.2 Å². The van der Waals surface area contributed by atoms with Crippen LogP contribution < -0.4 is 5.76 Å². The number of aromatic nitrogens is 3. The molecule has 1 saturated carbocycles. The molecule has 0 bridgehead atoms. The Labute approximate surface area is 136 Å². The second-order valence-electron chi connectivity index (χ2n) is 5.45. The van der Waals surface area contributed by atoms with Crippen molar-refractivity contribution >= 4 is 11.3 Å². The average molecular weight is 323 g/mol. The maximum atomic E-state index is 11.0. The van der Waals surface area contributed by atoms with Crippen molar-refractivity contribution < 1.29 is 4.42 Å². The molecule has 0 aliphatic heterocycles. The summed E-state index contributed by atoms with van der Waals surface area (Å²) >= 11 is 1.59. The Morgan fingerprint density at radius 1 is 1.30 bits per heavy atom. The molecule has 1 aromatic carbocycles. The van der Waals surface area contributed by atoms with E-state index in [2.05, 4.69) is 32.4 Å². The van der Waals surface area contributed by atoms with Gasteiger partial charge in [0.1, 0.15) is 0 Å². The predicted octanol–water partition coefficient (Wildman–Crippen LogP) is 3.15. The highest BCUT2D eigenvalue weighted by molar-refractivity contribution is 7.10. The molecule has 1 aliphatic rings. The van der Waals surface area contributed by atoms with Crippen LogP contribution in [0.2, 0.25) is 0 Å². The quantitative estimate of drug-likeness (QED) is 0.735. The number of aromatic amines is 1. The predicted molar refractivity (Wildman–Crippen MR) is 87.2 cm³/mol. The van der Waals surface area contributed by atoms with Crippen LogP contribution in [0.25, 0.3) is 11.5 Å². The van der Waals surface area contributed by atoms with Crippen LogP contribution in [0, 0.1) is 11.8 Å². The Kier molecular flexibility index (Phi) is 3.56. The number of hydrogen-bond acceptors (Lipinski definition) is 5. The van der Waals surface area contributed by atoms with Gasteiger partial charge in [-0.05, 0) is 37.0 Å². The highest BCUT2D eigenvalue weighted by Crippen LogP contribution is 2.36. The minimum atomic E-state index is -0.567. The smallest absolute Gasteiger partial charge is 0.388 e. The fourth-order valence-electron chi connectivity index (χ4n) is 2.44. The standard InChI is InChI=1S/C17H13N3O2S/c21-17-20-19-16(22-17)13-6-1-3-11(9-13)7-8-15-18-14(10-23-15)12-4-2-5-12/h1,3,6,9-10,12H,2,4-5H2,(H,20,21). The third-order valence-corrected chi connectivity index (χ3v) is 4.68. The molecule has 1 N–H and O–H groups in total. The zero-order chi connectivity index (χ0) is 15.6. The molecule has 0 saturated heterocycles. The topological polar surface area (TPSA) is 71.8 Å². The van der Waals surface area contributed by atoms with E-state index in [1.807, 2.05) is 24.3 Å². The Morgan fingerprint density at radius 3 is 2.96 bits per heavy atom. The van der Waals surface area contributed by atoms with Gasteiger partial charge in [-0.25, -0.2) is 14.9 Å². The van der Waals surface area contributed by atoms with Crippen molar-refractivity contribution in [1.29, 1.82) is 0 Å². The van der Waals surface area contributed by atoms with E-state index in [0.717, 1.165) is 10.6 Å². The maximum Gasteiger partial charge on any atom is 0.434 e. The van der Waals surface area contributed by atoms with Crippen molar-refractivity contribution in [3.8, 4) is 23.3 Å². The van der Waals surface area contributed by atoms with E-state index in [4.69, 9.17) is 4.42 Å². The van der Waals surface area contributed by atoms with Gasteiger partial charge in [-0.3, -0.25) is 0 Å². The van der Waals surface area contributed by atoms with Crippen LogP contribution in [0.5, 0.6) is 0 Å². The van der Waals surface area contributed by atoms with E-state index < -0.39 is 5.76 Å². The number of rotatable bonds is 2. The number of hydrogen-bond donors (Lipinski definition) is 1. The average Bonchev–Trinajstić information content (AvgIpc) is 3.13. The number of thiazole rings is 1. The molecule has 23 heavy (non-hydrogen) atoms. The van der Waals surface area contributed by atoms with E-state index in [1.165, 1.54) is 25.0 Å². The number of nitrogens with one attached hydrogen (secondary N) is 1. The van der Waals surface area contributed by atoms with Gasteiger partial charge in [0.05, 0.1) is 5.69 Å². The van der Waals surface area contributed by atoms with E-state index >= 15 is 0 Å². The molecule has 5 nitrogen and oxygen atoms in total. The van der Waals surface area contributed by atoms with Crippen LogP contribution in [-0.2, 0) is 0 Å². The monoisotopic (exact) mass is 323 g/mol. The summed E-state index contributed by atoms with van der Waals surface area (Å²) in [4.78, 5) is 15.6. The maximum absolute atomic E-state index is 11.0. The molecule has 0 spiro atoms. The zero-order valence-electron chi connectivity index (χ0n) is 12.2. The van der Waals surface area contributed by atoms with Crippen LogP contribution in [0.1, 0.15) is 41.4 Å². The summed E-state index contributed by atoms with van der Waals surface area (Å²) in [7, 11) is 0. The largest absolute Gasteiger partial charge is 0.434 e. The van der Waals surface area contributed by atoms with E-state index in [-0.39, 0.29) is 5.89 Å². The normalized spacial score (nSPS) is 14.1. The first-order valence-corrected chi connectivity index (χ1v) is 8.29.